The van der Waals surface area contributed by atoms with Crippen molar-refractivity contribution in [1.29, 1.82) is 0 Å². The van der Waals surface area contributed by atoms with E-state index in [0.29, 0.717) is 5.92 Å². The summed E-state index contributed by atoms with van der Waals surface area (Å²) in [7, 11) is 0. The van der Waals surface area contributed by atoms with Crippen LogP contribution in [0.5, 0.6) is 0 Å². The average Bonchev–Trinajstić information content (AvgIpc) is 2.94. The van der Waals surface area contributed by atoms with Gasteiger partial charge >= 0.3 is 0 Å². The first-order valence-electron chi connectivity index (χ1n) is 7.55. The predicted molar refractivity (Wildman–Crippen MR) is 80.6 cm³/mol. The van der Waals surface area contributed by atoms with Crippen LogP contribution in [0.3, 0.4) is 0 Å². The summed E-state index contributed by atoms with van der Waals surface area (Å²) in [5.41, 5.74) is 2.73. The Morgan fingerprint density at radius 2 is 1.90 bits per heavy atom. The van der Waals surface area contributed by atoms with Crippen LogP contribution < -0.4 is 0 Å². The molecule has 3 heteroatoms. The highest BCUT2D eigenvalue weighted by Crippen LogP contribution is 2.25. The minimum atomic E-state index is 0.582. The summed E-state index contributed by atoms with van der Waals surface area (Å²) in [5.74, 6) is 0.582. The molecule has 1 atom stereocenters. The summed E-state index contributed by atoms with van der Waals surface area (Å²) in [5, 5.41) is 0. The Hall–Kier alpha value is -1.16. The zero-order valence-electron chi connectivity index (χ0n) is 12.0. The average molecular weight is 273 g/mol. The quantitative estimate of drug-likeness (QED) is 0.841. The fourth-order valence-electron chi connectivity index (χ4n) is 2.90. The van der Waals surface area contributed by atoms with E-state index < -0.39 is 0 Å². The molecule has 1 aromatic rings. The Labute approximate surface area is 121 Å². The smallest absolute Gasteiger partial charge is 0.0683 e. The SMILES string of the molecule is C(=C1/COCC1CCN1CCOCC1)/c1ccccc1. The van der Waals surface area contributed by atoms with Crippen LogP contribution in [0, 0.1) is 5.92 Å². The van der Waals surface area contributed by atoms with Crippen molar-refractivity contribution >= 4 is 6.08 Å². The normalized spacial score (nSPS) is 26.2. The summed E-state index contributed by atoms with van der Waals surface area (Å²) >= 11 is 0. The fourth-order valence-corrected chi connectivity index (χ4v) is 2.90. The summed E-state index contributed by atoms with van der Waals surface area (Å²) in [6, 6.07) is 10.5. The monoisotopic (exact) mass is 273 g/mol. The molecule has 2 aliphatic heterocycles. The molecule has 2 aliphatic rings. The zero-order valence-corrected chi connectivity index (χ0v) is 12.0. The Balaban J connectivity index is 1.56. The van der Waals surface area contributed by atoms with Crippen molar-refractivity contribution in [2.45, 2.75) is 6.42 Å². The van der Waals surface area contributed by atoms with Gasteiger partial charge in [-0.05, 0) is 24.1 Å². The number of benzene rings is 1. The van der Waals surface area contributed by atoms with Crippen LogP contribution in [0.2, 0.25) is 0 Å². The van der Waals surface area contributed by atoms with Crippen LogP contribution in [0.15, 0.2) is 35.9 Å². The summed E-state index contributed by atoms with van der Waals surface area (Å²) < 4.78 is 11.1. The number of hydrogen-bond acceptors (Lipinski definition) is 3. The third-order valence-electron chi connectivity index (χ3n) is 4.16. The van der Waals surface area contributed by atoms with Gasteiger partial charge in [-0.1, -0.05) is 36.4 Å². The molecule has 0 radical (unpaired) electrons. The van der Waals surface area contributed by atoms with Gasteiger partial charge in [-0.3, -0.25) is 4.90 Å². The largest absolute Gasteiger partial charge is 0.379 e. The van der Waals surface area contributed by atoms with E-state index in [0.717, 1.165) is 46.1 Å². The van der Waals surface area contributed by atoms with E-state index in [1.165, 1.54) is 17.6 Å². The second-order valence-electron chi connectivity index (χ2n) is 5.58. The lowest BCUT2D eigenvalue weighted by Gasteiger charge is -2.27. The minimum Gasteiger partial charge on any atom is -0.379 e. The molecule has 0 aliphatic carbocycles. The molecule has 0 N–H and O–H groups in total. The van der Waals surface area contributed by atoms with Gasteiger partial charge in [0, 0.05) is 19.0 Å². The van der Waals surface area contributed by atoms with Crippen LogP contribution in [0.25, 0.3) is 6.08 Å². The molecule has 2 fully saturated rings. The first kappa shape index (κ1) is 13.8. The van der Waals surface area contributed by atoms with Crippen LogP contribution in [0.4, 0.5) is 0 Å². The molecule has 2 heterocycles. The van der Waals surface area contributed by atoms with Crippen molar-refractivity contribution in [3.05, 3.63) is 41.5 Å². The minimum absolute atomic E-state index is 0.582. The van der Waals surface area contributed by atoms with E-state index in [1.54, 1.807) is 0 Å². The molecule has 0 amide bonds. The van der Waals surface area contributed by atoms with E-state index in [9.17, 15) is 0 Å². The Kier molecular flexibility index (Phi) is 4.85. The molecule has 1 aromatic carbocycles. The van der Waals surface area contributed by atoms with Gasteiger partial charge in [-0.2, -0.15) is 0 Å². The molecule has 0 saturated carbocycles. The molecular weight excluding hydrogens is 250 g/mol. The Morgan fingerprint density at radius 1 is 1.10 bits per heavy atom. The maximum atomic E-state index is 5.67. The summed E-state index contributed by atoms with van der Waals surface area (Å²) in [6.07, 6.45) is 3.50. The molecule has 3 rings (SSSR count). The summed E-state index contributed by atoms with van der Waals surface area (Å²) in [6.45, 7) is 6.74. The molecule has 1 unspecified atom stereocenters. The van der Waals surface area contributed by atoms with Gasteiger partial charge in [0.1, 0.15) is 0 Å². The number of morpholine rings is 1. The topological polar surface area (TPSA) is 21.7 Å². The highest BCUT2D eigenvalue weighted by Gasteiger charge is 2.22. The lowest BCUT2D eigenvalue weighted by Crippen LogP contribution is -2.37. The van der Waals surface area contributed by atoms with E-state index >= 15 is 0 Å². The lowest BCUT2D eigenvalue weighted by molar-refractivity contribution is 0.0355. The van der Waals surface area contributed by atoms with Crippen molar-refractivity contribution in [1.82, 2.24) is 4.90 Å². The van der Waals surface area contributed by atoms with Gasteiger partial charge in [0.05, 0.1) is 26.4 Å². The maximum Gasteiger partial charge on any atom is 0.0683 e. The van der Waals surface area contributed by atoms with Gasteiger partial charge in [0.2, 0.25) is 0 Å². The van der Waals surface area contributed by atoms with Gasteiger partial charge in [-0.25, -0.2) is 0 Å². The van der Waals surface area contributed by atoms with E-state index in [4.69, 9.17) is 9.47 Å². The molecule has 3 nitrogen and oxygen atoms in total. The van der Waals surface area contributed by atoms with Gasteiger partial charge in [-0.15, -0.1) is 0 Å². The van der Waals surface area contributed by atoms with E-state index in [-0.39, 0.29) is 0 Å². The number of hydrogen-bond donors (Lipinski definition) is 0. The molecule has 20 heavy (non-hydrogen) atoms. The Morgan fingerprint density at radius 3 is 2.70 bits per heavy atom. The van der Waals surface area contributed by atoms with Gasteiger partial charge in [0.25, 0.3) is 0 Å². The Bertz CT molecular complexity index is 438. The lowest BCUT2D eigenvalue weighted by atomic mass is 9.96. The molecule has 0 aromatic heterocycles. The number of rotatable bonds is 4. The van der Waals surface area contributed by atoms with Crippen molar-refractivity contribution < 1.29 is 9.47 Å². The van der Waals surface area contributed by atoms with Gasteiger partial charge < -0.3 is 9.47 Å². The highest BCUT2D eigenvalue weighted by molar-refractivity contribution is 5.53. The number of ether oxygens (including phenoxy) is 2. The summed E-state index contributed by atoms with van der Waals surface area (Å²) in [4.78, 5) is 2.50. The molecule has 108 valence electrons. The third-order valence-corrected chi connectivity index (χ3v) is 4.16. The molecule has 0 spiro atoms. The zero-order chi connectivity index (χ0) is 13.6. The van der Waals surface area contributed by atoms with E-state index in [2.05, 4.69) is 41.3 Å². The van der Waals surface area contributed by atoms with Crippen LogP contribution in [-0.4, -0.2) is 51.0 Å². The predicted octanol–water partition coefficient (Wildman–Crippen LogP) is 2.44. The maximum absolute atomic E-state index is 5.67. The standard InChI is InChI=1S/C17H23NO2/c1-2-4-15(5-3-1)12-17-14-20-13-16(17)6-7-18-8-10-19-11-9-18/h1-5,12,16H,6-11,13-14H2/b17-12+. The van der Waals surface area contributed by atoms with Gasteiger partial charge in [0.15, 0.2) is 0 Å². The van der Waals surface area contributed by atoms with Crippen molar-refractivity contribution in [2.75, 3.05) is 46.1 Å². The van der Waals surface area contributed by atoms with Crippen LogP contribution in [0.1, 0.15) is 12.0 Å². The second-order valence-corrected chi connectivity index (χ2v) is 5.58. The van der Waals surface area contributed by atoms with E-state index in [1.807, 2.05) is 0 Å². The third kappa shape index (κ3) is 3.69. The second kappa shape index (κ2) is 7.02. The van der Waals surface area contributed by atoms with Crippen LogP contribution >= 0.6 is 0 Å². The first-order valence-corrected chi connectivity index (χ1v) is 7.55. The van der Waals surface area contributed by atoms with Crippen molar-refractivity contribution in [2.24, 2.45) is 5.92 Å². The van der Waals surface area contributed by atoms with Crippen LogP contribution in [-0.2, 0) is 9.47 Å². The number of nitrogens with zero attached hydrogens (tertiary/aromatic N) is 1. The first-order chi connectivity index (χ1) is 9.92. The molecule has 2 saturated heterocycles. The molecular formula is C17H23NO2. The molecule has 0 bridgehead atoms. The van der Waals surface area contributed by atoms with Crippen molar-refractivity contribution in [3.63, 3.8) is 0 Å². The fraction of sp³-hybridized carbons (Fsp3) is 0.529. The van der Waals surface area contributed by atoms with Crippen molar-refractivity contribution in [3.8, 4) is 0 Å². The highest BCUT2D eigenvalue weighted by atomic mass is 16.5.